The molecule has 0 spiro atoms. The molecule has 0 radical (unpaired) electrons. The summed E-state index contributed by atoms with van der Waals surface area (Å²) in [6.45, 7) is 0.750. The van der Waals surface area contributed by atoms with Crippen LogP contribution in [0, 0.1) is 0 Å². The number of ether oxygens (including phenoxy) is 2. The van der Waals surface area contributed by atoms with E-state index in [1.165, 1.54) is 19.2 Å². The Bertz CT molecular complexity index is 1110. The Kier molecular flexibility index (Phi) is 7.87. The third-order valence-electron chi connectivity index (χ3n) is 4.61. The van der Waals surface area contributed by atoms with Gasteiger partial charge in [-0.1, -0.05) is 41.9 Å². The summed E-state index contributed by atoms with van der Waals surface area (Å²) in [4.78, 5) is 26.7. The number of benzene rings is 3. The minimum Gasteiger partial charge on any atom is -0.465 e. The van der Waals surface area contributed by atoms with Crippen LogP contribution in [0.15, 0.2) is 66.7 Å². The first-order chi connectivity index (χ1) is 15.4. The minimum atomic E-state index is -0.552. The lowest BCUT2D eigenvalue weighted by Gasteiger charge is -2.15. The van der Waals surface area contributed by atoms with Crippen LogP contribution in [0.3, 0.4) is 0 Å². The van der Waals surface area contributed by atoms with E-state index < -0.39 is 5.97 Å². The molecule has 0 unspecified atom stereocenters. The molecule has 6 nitrogen and oxygen atoms in total. The summed E-state index contributed by atoms with van der Waals surface area (Å²) in [7, 11) is 5.29. The number of methoxy groups -OCH3 is 1. The molecule has 3 aromatic rings. The van der Waals surface area contributed by atoms with Crippen molar-refractivity contribution >= 4 is 29.2 Å². The van der Waals surface area contributed by atoms with Crippen molar-refractivity contribution in [3.8, 4) is 11.5 Å². The lowest BCUT2D eigenvalue weighted by atomic mass is 10.1. The number of halogens is 1. The number of hydrogen-bond acceptors (Lipinski definition) is 5. The number of nitrogens with one attached hydrogen (secondary N) is 1. The van der Waals surface area contributed by atoms with E-state index in [1.54, 1.807) is 6.07 Å². The highest BCUT2D eigenvalue weighted by Gasteiger charge is 2.15. The van der Waals surface area contributed by atoms with E-state index in [2.05, 4.69) is 10.2 Å². The monoisotopic (exact) mass is 452 g/mol. The predicted octanol–water partition coefficient (Wildman–Crippen LogP) is 5.16. The molecule has 0 fully saturated rings. The number of carbonyl (C=O) groups is 2. The summed E-state index contributed by atoms with van der Waals surface area (Å²) in [6.07, 6.45) is 0.101. The topological polar surface area (TPSA) is 67.9 Å². The smallest absolute Gasteiger partial charge is 0.339 e. The molecule has 0 atom stereocenters. The first-order valence-corrected chi connectivity index (χ1v) is 10.4. The van der Waals surface area contributed by atoms with E-state index in [0.717, 1.165) is 23.4 Å². The Morgan fingerprint density at radius 1 is 1.00 bits per heavy atom. The molecule has 0 aromatic heterocycles. The minimum absolute atomic E-state index is 0.101. The van der Waals surface area contributed by atoms with Crippen molar-refractivity contribution in [2.75, 3.05) is 26.5 Å². The van der Waals surface area contributed by atoms with Crippen LogP contribution in [0.5, 0.6) is 11.5 Å². The molecule has 1 amide bonds. The second kappa shape index (κ2) is 10.8. The fourth-order valence-electron chi connectivity index (χ4n) is 3.21. The summed E-state index contributed by atoms with van der Waals surface area (Å²) in [6, 6.07) is 19.8. The number of anilines is 1. The third kappa shape index (κ3) is 6.33. The van der Waals surface area contributed by atoms with Gasteiger partial charge in [-0.3, -0.25) is 4.79 Å². The Morgan fingerprint density at radius 3 is 2.53 bits per heavy atom. The summed E-state index contributed by atoms with van der Waals surface area (Å²) < 4.78 is 10.9. The van der Waals surface area contributed by atoms with Gasteiger partial charge in [0, 0.05) is 17.1 Å². The average molecular weight is 453 g/mol. The standard InChI is InChI=1S/C25H25ClN2O4/c1-28(2)16-18-8-4-5-10-23(18)32-20-9-6-7-17(13-20)14-24(29)27-22-15-19(26)11-12-21(22)25(30)31-3/h4-13,15H,14,16H2,1-3H3,(H,27,29). The van der Waals surface area contributed by atoms with Crippen LogP contribution in [-0.2, 0) is 22.5 Å². The zero-order valence-corrected chi connectivity index (χ0v) is 19.0. The van der Waals surface area contributed by atoms with Crippen molar-refractivity contribution in [2.24, 2.45) is 0 Å². The van der Waals surface area contributed by atoms with Crippen LogP contribution >= 0.6 is 11.6 Å². The van der Waals surface area contributed by atoms with Gasteiger partial charge in [-0.2, -0.15) is 0 Å². The van der Waals surface area contributed by atoms with Gasteiger partial charge in [-0.15, -0.1) is 0 Å². The molecule has 0 aliphatic rings. The van der Waals surface area contributed by atoms with Crippen LogP contribution in [0.4, 0.5) is 5.69 Å². The fraction of sp³-hybridized carbons (Fsp3) is 0.200. The largest absolute Gasteiger partial charge is 0.465 e. The number of nitrogens with zero attached hydrogens (tertiary/aromatic N) is 1. The maximum Gasteiger partial charge on any atom is 0.339 e. The van der Waals surface area contributed by atoms with Gasteiger partial charge >= 0.3 is 5.97 Å². The van der Waals surface area contributed by atoms with E-state index in [0.29, 0.717) is 16.5 Å². The van der Waals surface area contributed by atoms with Crippen LogP contribution in [0.2, 0.25) is 5.02 Å². The molecule has 7 heteroatoms. The summed E-state index contributed by atoms with van der Waals surface area (Å²) in [5.74, 6) is 0.565. The lowest BCUT2D eigenvalue weighted by Crippen LogP contribution is -2.17. The zero-order chi connectivity index (χ0) is 23.1. The SMILES string of the molecule is COC(=O)c1ccc(Cl)cc1NC(=O)Cc1cccc(Oc2ccccc2CN(C)C)c1. The fourth-order valence-corrected chi connectivity index (χ4v) is 3.38. The predicted molar refractivity (Wildman–Crippen MR) is 125 cm³/mol. The van der Waals surface area contributed by atoms with Gasteiger partial charge in [0.2, 0.25) is 5.91 Å². The molecule has 0 bridgehead atoms. The Balaban J connectivity index is 1.73. The highest BCUT2D eigenvalue weighted by molar-refractivity contribution is 6.31. The average Bonchev–Trinajstić information content (AvgIpc) is 2.74. The van der Waals surface area contributed by atoms with Gasteiger partial charge in [-0.25, -0.2) is 4.79 Å². The van der Waals surface area contributed by atoms with Gasteiger partial charge in [0.1, 0.15) is 11.5 Å². The van der Waals surface area contributed by atoms with Gasteiger partial charge in [0.15, 0.2) is 0 Å². The molecule has 166 valence electrons. The van der Waals surface area contributed by atoms with E-state index in [1.807, 2.05) is 62.6 Å². The maximum absolute atomic E-state index is 12.6. The van der Waals surface area contributed by atoms with Crippen LogP contribution < -0.4 is 10.1 Å². The molecule has 0 saturated carbocycles. The zero-order valence-electron chi connectivity index (χ0n) is 18.2. The normalized spacial score (nSPS) is 10.7. The summed E-state index contributed by atoms with van der Waals surface area (Å²) >= 11 is 6.03. The van der Waals surface area contributed by atoms with Crippen molar-refractivity contribution in [3.63, 3.8) is 0 Å². The molecule has 1 N–H and O–H groups in total. The highest BCUT2D eigenvalue weighted by Crippen LogP contribution is 2.27. The first-order valence-electron chi connectivity index (χ1n) is 10.0. The molecular formula is C25H25ClN2O4. The number of esters is 1. The Labute approximate surface area is 192 Å². The maximum atomic E-state index is 12.6. The quantitative estimate of drug-likeness (QED) is 0.478. The Hall–Kier alpha value is -3.35. The van der Waals surface area contributed by atoms with Crippen LogP contribution in [0.25, 0.3) is 0 Å². The summed E-state index contributed by atoms with van der Waals surface area (Å²) in [5.41, 5.74) is 2.38. The second-order valence-corrected chi connectivity index (χ2v) is 7.94. The van der Waals surface area contributed by atoms with E-state index >= 15 is 0 Å². The first kappa shape index (κ1) is 23.3. The molecule has 0 heterocycles. The van der Waals surface area contributed by atoms with Crippen molar-refractivity contribution in [1.82, 2.24) is 4.90 Å². The molecule has 32 heavy (non-hydrogen) atoms. The third-order valence-corrected chi connectivity index (χ3v) is 4.85. The van der Waals surface area contributed by atoms with Crippen molar-refractivity contribution in [3.05, 3.63) is 88.4 Å². The number of amides is 1. The van der Waals surface area contributed by atoms with Gasteiger partial charge < -0.3 is 19.7 Å². The van der Waals surface area contributed by atoms with Crippen molar-refractivity contribution < 1.29 is 19.1 Å². The molecule has 3 rings (SSSR count). The van der Waals surface area contributed by atoms with E-state index in [-0.39, 0.29) is 17.9 Å². The molecular weight excluding hydrogens is 428 g/mol. The number of carbonyl (C=O) groups excluding carboxylic acids is 2. The summed E-state index contributed by atoms with van der Waals surface area (Å²) in [5, 5.41) is 3.15. The number of para-hydroxylation sites is 1. The van der Waals surface area contributed by atoms with E-state index in [4.69, 9.17) is 21.1 Å². The number of rotatable bonds is 8. The van der Waals surface area contributed by atoms with Gasteiger partial charge in [-0.05, 0) is 56.1 Å². The van der Waals surface area contributed by atoms with Crippen molar-refractivity contribution in [2.45, 2.75) is 13.0 Å². The van der Waals surface area contributed by atoms with Crippen LogP contribution in [-0.4, -0.2) is 38.0 Å². The Morgan fingerprint density at radius 2 is 1.78 bits per heavy atom. The highest BCUT2D eigenvalue weighted by atomic mass is 35.5. The molecule has 0 aliphatic carbocycles. The second-order valence-electron chi connectivity index (χ2n) is 7.50. The molecule has 0 saturated heterocycles. The lowest BCUT2D eigenvalue weighted by molar-refractivity contribution is -0.115. The van der Waals surface area contributed by atoms with Crippen LogP contribution in [0.1, 0.15) is 21.5 Å². The van der Waals surface area contributed by atoms with Gasteiger partial charge in [0.25, 0.3) is 0 Å². The van der Waals surface area contributed by atoms with E-state index in [9.17, 15) is 9.59 Å². The molecule has 0 aliphatic heterocycles. The van der Waals surface area contributed by atoms with Gasteiger partial charge in [0.05, 0.1) is 24.8 Å². The van der Waals surface area contributed by atoms with Crippen molar-refractivity contribution in [1.29, 1.82) is 0 Å². The number of hydrogen-bond donors (Lipinski definition) is 1. The molecule has 3 aromatic carbocycles.